The van der Waals surface area contributed by atoms with Crippen molar-refractivity contribution in [3.8, 4) is 0 Å². The molecule has 1 aromatic carbocycles. The van der Waals surface area contributed by atoms with Crippen LogP contribution in [-0.4, -0.2) is 11.1 Å². The molecule has 0 radical (unpaired) electrons. The topological polar surface area (TPSA) is 63.3 Å². The molecule has 0 aliphatic carbocycles. The Morgan fingerprint density at radius 3 is 2.23 bits per heavy atom. The second-order valence-electron chi connectivity index (χ2n) is 2.44. The molecule has 3 N–H and O–H groups in total. The summed E-state index contributed by atoms with van der Waals surface area (Å²) in [6.07, 6.45) is 0. The van der Waals surface area contributed by atoms with Crippen molar-refractivity contribution in [1.29, 1.82) is 0 Å². The van der Waals surface area contributed by atoms with E-state index in [2.05, 4.69) is 0 Å². The van der Waals surface area contributed by atoms with E-state index in [0.717, 1.165) is 5.56 Å². The van der Waals surface area contributed by atoms with E-state index in [9.17, 15) is 4.79 Å². The predicted octanol–water partition coefficient (Wildman–Crippen LogP) is 2.30. The molecule has 0 aromatic heterocycles. The molecule has 0 unspecified atom stereocenters. The lowest BCUT2D eigenvalue weighted by atomic mass is 10.1. The molecule has 3 heteroatoms. The van der Waals surface area contributed by atoms with Crippen molar-refractivity contribution in [1.82, 2.24) is 0 Å². The van der Waals surface area contributed by atoms with E-state index in [-0.39, 0.29) is 5.56 Å². The van der Waals surface area contributed by atoms with E-state index < -0.39 is 5.97 Å². The number of nitrogens with two attached hydrogens (primary N) is 1. The Bertz CT molecular complexity index is 275. The van der Waals surface area contributed by atoms with Gasteiger partial charge in [0.25, 0.3) is 0 Å². The minimum absolute atomic E-state index is 0.238. The van der Waals surface area contributed by atoms with E-state index in [4.69, 9.17) is 10.8 Å². The fourth-order valence-corrected chi connectivity index (χ4v) is 0.936. The highest BCUT2D eigenvalue weighted by Crippen LogP contribution is 2.10. The van der Waals surface area contributed by atoms with Gasteiger partial charge < -0.3 is 10.8 Å². The van der Waals surface area contributed by atoms with Gasteiger partial charge in [-0.1, -0.05) is 13.8 Å². The zero-order valence-corrected chi connectivity index (χ0v) is 8.16. The van der Waals surface area contributed by atoms with Crippen LogP contribution >= 0.6 is 0 Å². The van der Waals surface area contributed by atoms with Gasteiger partial charge in [-0.3, -0.25) is 0 Å². The van der Waals surface area contributed by atoms with Gasteiger partial charge in [0, 0.05) is 5.69 Å². The molecule has 0 atom stereocenters. The maximum atomic E-state index is 10.4. The normalized spacial score (nSPS) is 8.54. The third-order valence-electron chi connectivity index (χ3n) is 1.35. The summed E-state index contributed by atoms with van der Waals surface area (Å²) in [5, 5.41) is 8.58. The first-order valence-corrected chi connectivity index (χ1v) is 4.20. The number of rotatable bonds is 1. The molecule has 0 aliphatic heterocycles. The maximum absolute atomic E-state index is 10.4. The van der Waals surface area contributed by atoms with Crippen LogP contribution in [0.4, 0.5) is 5.69 Å². The summed E-state index contributed by atoms with van der Waals surface area (Å²) in [7, 11) is 0. The number of aromatic carboxylic acids is 1. The predicted molar refractivity (Wildman–Crippen MR) is 53.9 cm³/mol. The lowest BCUT2D eigenvalue weighted by Crippen LogP contribution is -1.98. The summed E-state index contributed by atoms with van der Waals surface area (Å²) < 4.78 is 0. The molecule has 1 rings (SSSR count). The quantitative estimate of drug-likeness (QED) is 0.653. The minimum atomic E-state index is -0.944. The molecule has 3 nitrogen and oxygen atoms in total. The van der Waals surface area contributed by atoms with Gasteiger partial charge in [0.1, 0.15) is 0 Å². The summed E-state index contributed by atoms with van der Waals surface area (Å²) in [6, 6.07) is 4.75. The van der Waals surface area contributed by atoms with Crippen molar-refractivity contribution >= 4 is 11.7 Å². The molecule has 0 saturated heterocycles. The monoisotopic (exact) mass is 181 g/mol. The van der Waals surface area contributed by atoms with Gasteiger partial charge >= 0.3 is 5.97 Å². The molecule has 0 saturated carbocycles. The Morgan fingerprint density at radius 1 is 1.31 bits per heavy atom. The molecule has 0 heterocycles. The van der Waals surface area contributed by atoms with Gasteiger partial charge in [0.15, 0.2) is 0 Å². The van der Waals surface area contributed by atoms with E-state index in [0.29, 0.717) is 5.69 Å². The maximum Gasteiger partial charge on any atom is 0.335 e. The number of aryl methyl sites for hydroxylation is 1. The highest BCUT2D eigenvalue weighted by molar-refractivity contribution is 5.88. The van der Waals surface area contributed by atoms with Crippen LogP contribution in [0.15, 0.2) is 18.2 Å². The van der Waals surface area contributed by atoms with E-state index in [1.165, 1.54) is 6.07 Å². The summed E-state index contributed by atoms with van der Waals surface area (Å²) in [5.41, 5.74) is 7.02. The Kier molecular flexibility index (Phi) is 4.59. The number of nitrogen functional groups attached to an aromatic ring is 1. The molecule has 0 aliphatic rings. The Labute approximate surface area is 78.2 Å². The van der Waals surface area contributed by atoms with Crippen molar-refractivity contribution < 1.29 is 9.90 Å². The van der Waals surface area contributed by atoms with Crippen molar-refractivity contribution in [2.75, 3.05) is 5.73 Å². The van der Waals surface area contributed by atoms with Crippen molar-refractivity contribution in [3.05, 3.63) is 29.3 Å². The number of carboxylic acids is 1. The van der Waals surface area contributed by atoms with Crippen LogP contribution in [0.5, 0.6) is 0 Å². The fraction of sp³-hybridized carbons (Fsp3) is 0.300. The second-order valence-corrected chi connectivity index (χ2v) is 2.44. The Morgan fingerprint density at radius 2 is 1.85 bits per heavy atom. The summed E-state index contributed by atoms with van der Waals surface area (Å²) in [4.78, 5) is 10.4. The van der Waals surface area contributed by atoms with E-state index >= 15 is 0 Å². The van der Waals surface area contributed by atoms with Crippen LogP contribution in [0.25, 0.3) is 0 Å². The van der Waals surface area contributed by atoms with Gasteiger partial charge in [-0.25, -0.2) is 4.79 Å². The van der Waals surface area contributed by atoms with Gasteiger partial charge in [0.2, 0.25) is 0 Å². The van der Waals surface area contributed by atoms with Crippen molar-refractivity contribution in [2.24, 2.45) is 0 Å². The molecule has 0 bridgehead atoms. The highest BCUT2D eigenvalue weighted by Gasteiger charge is 2.02. The number of anilines is 1. The van der Waals surface area contributed by atoms with Crippen LogP contribution in [0, 0.1) is 6.92 Å². The standard InChI is InChI=1S/C8H9NO2.C2H6/c1-5-2-6(8(10)11)4-7(9)3-5;1-2/h2-4H,9H2,1H3,(H,10,11);1-2H3. The zero-order chi connectivity index (χ0) is 10.4. The van der Waals surface area contributed by atoms with Gasteiger partial charge in [0.05, 0.1) is 5.56 Å². The largest absolute Gasteiger partial charge is 0.478 e. The fourth-order valence-electron chi connectivity index (χ4n) is 0.936. The number of benzene rings is 1. The zero-order valence-electron chi connectivity index (χ0n) is 8.16. The van der Waals surface area contributed by atoms with Crippen molar-refractivity contribution in [3.63, 3.8) is 0 Å². The number of hydrogen-bond acceptors (Lipinski definition) is 2. The van der Waals surface area contributed by atoms with Gasteiger partial charge in [-0.15, -0.1) is 0 Å². The third-order valence-corrected chi connectivity index (χ3v) is 1.35. The van der Waals surface area contributed by atoms with Gasteiger partial charge in [-0.2, -0.15) is 0 Å². The van der Waals surface area contributed by atoms with Gasteiger partial charge in [-0.05, 0) is 30.7 Å². The lowest BCUT2D eigenvalue weighted by Gasteiger charge is -1.98. The van der Waals surface area contributed by atoms with Crippen LogP contribution in [0.3, 0.4) is 0 Å². The molecule has 0 spiro atoms. The number of hydrogen-bond donors (Lipinski definition) is 2. The number of carboxylic acid groups (broad SMARTS) is 1. The number of carbonyl (C=O) groups is 1. The Hall–Kier alpha value is -1.51. The molecule has 1 aromatic rings. The molecule has 13 heavy (non-hydrogen) atoms. The summed E-state index contributed by atoms with van der Waals surface area (Å²) >= 11 is 0. The first-order chi connectivity index (χ1) is 6.09. The van der Waals surface area contributed by atoms with E-state index in [1.807, 2.05) is 20.8 Å². The van der Waals surface area contributed by atoms with Crippen LogP contribution in [0.1, 0.15) is 29.8 Å². The SMILES string of the molecule is CC.Cc1cc(N)cc(C(=O)O)c1. The summed E-state index contributed by atoms with van der Waals surface area (Å²) in [5.74, 6) is -0.944. The molecular formula is C10H15NO2. The third kappa shape index (κ3) is 3.60. The molecular weight excluding hydrogens is 166 g/mol. The summed E-state index contributed by atoms with van der Waals surface area (Å²) in [6.45, 7) is 5.81. The van der Waals surface area contributed by atoms with E-state index in [1.54, 1.807) is 12.1 Å². The molecule has 0 fully saturated rings. The van der Waals surface area contributed by atoms with Crippen LogP contribution in [-0.2, 0) is 0 Å². The average Bonchev–Trinajstić information content (AvgIpc) is 2.06. The smallest absolute Gasteiger partial charge is 0.335 e. The van der Waals surface area contributed by atoms with Crippen LogP contribution < -0.4 is 5.73 Å². The Balaban J connectivity index is 0.000000671. The molecule has 72 valence electrons. The first-order valence-electron chi connectivity index (χ1n) is 4.20. The average molecular weight is 181 g/mol. The second kappa shape index (κ2) is 5.19. The highest BCUT2D eigenvalue weighted by atomic mass is 16.4. The van der Waals surface area contributed by atoms with Crippen LogP contribution in [0.2, 0.25) is 0 Å². The lowest BCUT2D eigenvalue weighted by molar-refractivity contribution is 0.0697. The first kappa shape index (κ1) is 11.5. The van der Waals surface area contributed by atoms with Crippen molar-refractivity contribution in [2.45, 2.75) is 20.8 Å². The molecule has 0 amide bonds. The minimum Gasteiger partial charge on any atom is -0.478 e.